The first-order valence-electron chi connectivity index (χ1n) is 4.48. The summed E-state index contributed by atoms with van der Waals surface area (Å²) in [6.45, 7) is 1.40. The first kappa shape index (κ1) is 12.6. The molecule has 17 heavy (non-hydrogen) atoms. The Morgan fingerprint density at radius 1 is 1.59 bits per heavy atom. The van der Waals surface area contributed by atoms with Crippen LogP contribution in [0.15, 0.2) is 12.1 Å². The standard InChI is InChI=1S/C10H8N2O5/c1-5-2-7(12(16)17)3-6(4-11)8(5)9(13)10(14)15/h2-3,9,13H,1H3,(H,14,15). The van der Waals surface area contributed by atoms with Gasteiger partial charge in [-0.15, -0.1) is 0 Å². The monoisotopic (exact) mass is 236 g/mol. The molecule has 0 heterocycles. The van der Waals surface area contributed by atoms with E-state index < -0.39 is 17.0 Å². The number of hydrogen-bond donors (Lipinski definition) is 2. The van der Waals surface area contributed by atoms with E-state index in [9.17, 15) is 20.0 Å². The van der Waals surface area contributed by atoms with Crippen molar-refractivity contribution in [3.63, 3.8) is 0 Å². The molecule has 7 heteroatoms. The van der Waals surface area contributed by atoms with Crippen LogP contribution < -0.4 is 0 Å². The zero-order chi connectivity index (χ0) is 13.2. The van der Waals surface area contributed by atoms with E-state index in [0.717, 1.165) is 12.1 Å². The maximum Gasteiger partial charge on any atom is 0.337 e. The molecule has 1 rings (SSSR count). The molecule has 0 saturated heterocycles. The molecule has 0 aliphatic carbocycles. The summed E-state index contributed by atoms with van der Waals surface area (Å²) in [4.78, 5) is 20.5. The maximum atomic E-state index is 10.6. The summed E-state index contributed by atoms with van der Waals surface area (Å²) in [7, 11) is 0. The van der Waals surface area contributed by atoms with Gasteiger partial charge in [-0.25, -0.2) is 4.79 Å². The van der Waals surface area contributed by atoms with Crippen LogP contribution in [-0.4, -0.2) is 21.1 Å². The molecule has 88 valence electrons. The second-order valence-corrected chi connectivity index (χ2v) is 3.33. The molecule has 0 radical (unpaired) electrons. The van der Waals surface area contributed by atoms with Gasteiger partial charge in [0.15, 0.2) is 6.10 Å². The number of aliphatic carboxylic acids is 1. The van der Waals surface area contributed by atoms with Gasteiger partial charge in [-0.1, -0.05) is 0 Å². The Hall–Kier alpha value is -2.46. The summed E-state index contributed by atoms with van der Waals surface area (Å²) in [5.74, 6) is -1.52. The summed E-state index contributed by atoms with van der Waals surface area (Å²) in [5.41, 5.74) is -0.469. The van der Waals surface area contributed by atoms with E-state index in [1.165, 1.54) is 6.92 Å². The summed E-state index contributed by atoms with van der Waals surface area (Å²) >= 11 is 0. The number of carboxylic acids is 1. The first-order valence-corrected chi connectivity index (χ1v) is 4.48. The van der Waals surface area contributed by atoms with Crippen molar-refractivity contribution in [2.24, 2.45) is 0 Å². The topological polar surface area (TPSA) is 124 Å². The third-order valence-corrected chi connectivity index (χ3v) is 2.21. The van der Waals surface area contributed by atoms with Crippen molar-refractivity contribution in [1.82, 2.24) is 0 Å². The number of aryl methyl sites for hydroxylation is 1. The predicted molar refractivity (Wildman–Crippen MR) is 55.1 cm³/mol. The number of nitro groups is 1. The van der Waals surface area contributed by atoms with Crippen LogP contribution >= 0.6 is 0 Å². The van der Waals surface area contributed by atoms with Crippen molar-refractivity contribution in [2.75, 3.05) is 0 Å². The SMILES string of the molecule is Cc1cc([N+](=O)[O-])cc(C#N)c1C(O)C(=O)O. The van der Waals surface area contributed by atoms with Crippen molar-refractivity contribution >= 4 is 11.7 Å². The number of non-ortho nitro benzene ring substituents is 1. The van der Waals surface area contributed by atoms with Crippen LogP contribution in [0.1, 0.15) is 22.8 Å². The molecule has 7 nitrogen and oxygen atoms in total. The van der Waals surface area contributed by atoms with Crippen LogP contribution in [0, 0.1) is 28.4 Å². The normalized spacial score (nSPS) is 11.6. The molecule has 0 aliphatic heterocycles. The molecule has 0 spiro atoms. The van der Waals surface area contributed by atoms with Crippen LogP contribution in [0.5, 0.6) is 0 Å². The largest absolute Gasteiger partial charge is 0.479 e. The molecule has 2 N–H and O–H groups in total. The van der Waals surface area contributed by atoms with Crippen LogP contribution in [0.25, 0.3) is 0 Å². The number of nitrogens with zero attached hydrogens (tertiary/aromatic N) is 2. The number of aliphatic hydroxyl groups excluding tert-OH is 1. The number of hydrogen-bond acceptors (Lipinski definition) is 5. The van der Waals surface area contributed by atoms with Gasteiger partial charge in [0.2, 0.25) is 0 Å². The Morgan fingerprint density at radius 2 is 2.18 bits per heavy atom. The van der Waals surface area contributed by atoms with Gasteiger partial charge in [0, 0.05) is 17.7 Å². The van der Waals surface area contributed by atoms with E-state index in [2.05, 4.69) is 0 Å². The van der Waals surface area contributed by atoms with Crippen LogP contribution in [-0.2, 0) is 4.79 Å². The third kappa shape index (κ3) is 2.38. The number of nitriles is 1. The highest BCUT2D eigenvalue weighted by atomic mass is 16.6. The molecule has 0 aliphatic rings. The summed E-state index contributed by atoms with van der Waals surface area (Å²) in [5, 5.41) is 37.4. The molecule has 1 atom stereocenters. The number of carboxylic acid groups (broad SMARTS) is 1. The molecular formula is C10H8N2O5. The summed E-state index contributed by atoms with van der Waals surface area (Å²) < 4.78 is 0. The van der Waals surface area contributed by atoms with Crippen molar-refractivity contribution in [3.05, 3.63) is 38.9 Å². The van der Waals surface area contributed by atoms with Crippen molar-refractivity contribution < 1.29 is 19.9 Å². The predicted octanol–water partition coefficient (Wildman–Crippen LogP) is 0.893. The first-order chi connectivity index (χ1) is 7.88. The smallest absolute Gasteiger partial charge is 0.337 e. The van der Waals surface area contributed by atoms with Gasteiger partial charge in [0.1, 0.15) is 0 Å². The highest BCUT2D eigenvalue weighted by molar-refractivity contribution is 5.76. The molecular weight excluding hydrogens is 228 g/mol. The lowest BCUT2D eigenvalue weighted by Gasteiger charge is -2.11. The van der Waals surface area contributed by atoms with Gasteiger partial charge < -0.3 is 10.2 Å². The van der Waals surface area contributed by atoms with E-state index >= 15 is 0 Å². The van der Waals surface area contributed by atoms with Gasteiger partial charge in [-0.2, -0.15) is 5.26 Å². The number of carbonyl (C=O) groups is 1. The summed E-state index contributed by atoms with van der Waals surface area (Å²) in [6, 6.07) is 3.69. The van der Waals surface area contributed by atoms with Gasteiger partial charge in [-0.3, -0.25) is 10.1 Å². The fourth-order valence-electron chi connectivity index (χ4n) is 1.46. The second kappa shape index (κ2) is 4.59. The van der Waals surface area contributed by atoms with Gasteiger partial charge in [-0.05, 0) is 12.5 Å². The highest BCUT2D eigenvalue weighted by Gasteiger charge is 2.24. The van der Waals surface area contributed by atoms with Gasteiger partial charge >= 0.3 is 5.97 Å². The zero-order valence-corrected chi connectivity index (χ0v) is 8.75. The molecule has 0 bridgehead atoms. The fraction of sp³-hybridized carbons (Fsp3) is 0.200. The van der Waals surface area contributed by atoms with Crippen molar-refractivity contribution in [2.45, 2.75) is 13.0 Å². The number of rotatable bonds is 3. The fourth-order valence-corrected chi connectivity index (χ4v) is 1.46. The van der Waals surface area contributed by atoms with E-state index in [1.54, 1.807) is 6.07 Å². The zero-order valence-electron chi connectivity index (χ0n) is 8.75. The number of aliphatic hydroxyl groups is 1. The summed E-state index contributed by atoms with van der Waals surface area (Å²) in [6.07, 6.45) is -1.87. The Balaban J connectivity index is 3.47. The minimum atomic E-state index is -1.87. The lowest BCUT2D eigenvalue weighted by atomic mass is 9.97. The van der Waals surface area contributed by atoms with Gasteiger partial charge in [0.05, 0.1) is 16.6 Å². The molecule has 0 fully saturated rings. The van der Waals surface area contributed by atoms with E-state index in [0.29, 0.717) is 0 Å². The molecule has 0 aromatic heterocycles. The average Bonchev–Trinajstić information content (AvgIpc) is 2.26. The van der Waals surface area contributed by atoms with E-state index in [-0.39, 0.29) is 22.4 Å². The average molecular weight is 236 g/mol. The lowest BCUT2D eigenvalue weighted by Crippen LogP contribution is -2.14. The van der Waals surface area contributed by atoms with Crippen LogP contribution in [0.3, 0.4) is 0 Å². The van der Waals surface area contributed by atoms with Crippen molar-refractivity contribution in [3.8, 4) is 6.07 Å². The Kier molecular flexibility index (Phi) is 3.40. The molecule has 0 saturated carbocycles. The molecule has 1 unspecified atom stereocenters. The minimum Gasteiger partial charge on any atom is -0.479 e. The lowest BCUT2D eigenvalue weighted by molar-refractivity contribution is -0.384. The molecule has 1 aromatic carbocycles. The number of nitro benzene ring substituents is 1. The minimum absolute atomic E-state index is 0.120. The Labute approximate surface area is 95.7 Å². The van der Waals surface area contributed by atoms with Crippen molar-refractivity contribution in [1.29, 1.82) is 5.26 Å². The quantitative estimate of drug-likeness (QED) is 0.593. The van der Waals surface area contributed by atoms with Crippen LogP contribution in [0.4, 0.5) is 5.69 Å². The Morgan fingerprint density at radius 3 is 2.59 bits per heavy atom. The maximum absolute atomic E-state index is 10.6. The number of benzene rings is 1. The third-order valence-electron chi connectivity index (χ3n) is 2.21. The van der Waals surface area contributed by atoms with E-state index in [4.69, 9.17) is 10.4 Å². The molecule has 0 amide bonds. The van der Waals surface area contributed by atoms with Crippen LogP contribution in [0.2, 0.25) is 0 Å². The van der Waals surface area contributed by atoms with E-state index in [1.807, 2.05) is 0 Å². The van der Waals surface area contributed by atoms with Gasteiger partial charge in [0.25, 0.3) is 5.69 Å². The Bertz CT molecular complexity index is 532. The molecule has 1 aromatic rings. The highest BCUT2D eigenvalue weighted by Crippen LogP contribution is 2.27. The second-order valence-electron chi connectivity index (χ2n) is 3.33.